The number of nitrogens with one attached hydrogen (secondary N) is 1. The Kier molecular flexibility index (Phi) is 5.36. The maximum absolute atomic E-state index is 13.2. The van der Waals surface area contributed by atoms with Crippen molar-refractivity contribution in [2.45, 2.75) is 26.1 Å². The van der Waals surface area contributed by atoms with Crippen LogP contribution in [-0.2, 0) is 12.7 Å². The highest BCUT2D eigenvalue weighted by atomic mass is 19.4. The van der Waals surface area contributed by atoms with Gasteiger partial charge in [0.25, 0.3) is 12.3 Å². The Morgan fingerprint density at radius 1 is 1.16 bits per heavy atom. The van der Waals surface area contributed by atoms with Crippen LogP contribution in [0.4, 0.5) is 27.6 Å². The number of carbonyl (C=O) groups excluding carboxylic acids is 1. The van der Waals surface area contributed by atoms with Crippen molar-refractivity contribution in [2.24, 2.45) is 0 Å². The van der Waals surface area contributed by atoms with Gasteiger partial charge in [0.05, 0.1) is 30.2 Å². The molecule has 32 heavy (non-hydrogen) atoms. The molecular formula is C20H15F5N6O. The van der Waals surface area contributed by atoms with Crippen molar-refractivity contribution in [1.82, 2.24) is 24.4 Å². The van der Waals surface area contributed by atoms with Gasteiger partial charge < -0.3 is 5.32 Å². The van der Waals surface area contributed by atoms with Gasteiger partial charge in [-0.15, -0.1) is 0 Å². The van der Waals surface area contributed by atoms with E-state index in [0.29, 0.717) is 11.3 Å². The maximum atomic E-state index is 13.2. The SMILES string of the molecule is Cc1cc(C(F)F)n2ncc(C(=O)Nc3cnn(Cc4cccc(C(F)(F)F)c4)c3)c2n1. The average molecular weight is 450 g/mol. The molecule has 1 aromatic carbocycles. The second kappa shape index (κ2) is 8.02. The smallest absolute Gasteiger partial charge is 0.319 e. The standard InChI is InChI=1S/C20H15F5N6O/c1-11-5-16(17(21)22)31-18(28-11)15(8-27-31)19(32)29-14-7-26-30(10-14)9-12-3-2-4-13(6-12)20(23,24)25/h2-8,10,17H,9H2,1H3,(H,29,32). The summed E-state index contributed by atoms with van der Waals surface area (Å²) in [5, 5.41) is 10.4. The highest BCUT2D eigenvalue weighted by molar-refractivity contribution is 6.08. The molecule has 0 fully saturated rings. The number of rotatable bonds is 5. The zero-order valence-electron chi connectivity index (χ0n) is 16.4. The van der Waals surface area contributed by atoms with E-state index in [1.165, 1.54) is 42.2 Å². The van der Waals surface area contributed by atoms with Gasteiger partial charge in [0.15, 0.2) is 5.65 Å². The Morgan fingerprint density at radius 2 is 1.94 bits per heavy atom. The molecule has 0 saturated heterocycles. The minimum absolute atomic E-state index is 0.0128. The molecular weight excluding hydrogens is 435 g/mol. The van der Waals surface area contributed by atoms with Crippen molar-refractivity contribution in [3.63, 3.8) is 0 Å². The number of hydrogen-bond donors (Lipinski definition) is 1. The van der Waals surface area contributed by atoms with Crippen LogP contribution < -0.4 is 5.32 Å². The van der Waals surface area contributed by atoms with Gasteiger partial charge in [0.1, 0.15) is 11.3 Å². The predicted molar refractivity (Wildman–Crippen MR) is 103 cm³/mol. The Bertz CT molecular complexity index is 1290. The first-order valence-corrected chi connectivity index (χ1v) is 9.25. The molecule has 0 saturated carbocycles. The summed E-state index contributed by atoms with van der Waals surface area (Å²) in [6.45, 7) is 1.58. The summed E-state index contributed by atoms with van der Waals surface area (Å²) in [7, 11) is 0. The minimum atomic E-state index is -4.45. The average Bonchev–Trinajstić information content (AvgIpc) is 3.33. The van der Waals surface area contributed by atoms with E-state index in [2.05, 4.69) is 20.5 Å². The first-order valence-electron chi connectivity index (χ1n) is 9.25. The number of amides is 1. The van der Waals surface area contributed by atoms with Crippen molar-refractivity contribution >= 4 is 17.2 Å². The third kappa shape index (κ3) is 4.29. The van der Waals surface area contributed by atoms with E-state index in [1.54, 1.807) is 0 Å². The van der Waals surface area contributed by atoms with Gasteiger partial charge in [-0.3, -0.25) is 9.48 Å². The third-order valence-electron chi connectivity index (χ3n) is 4.59. The Balaban J connectivity index is 1.53. The molecule has 0 unspecified atom stereocenters. The number of fused-ring (bicyclic) bond motifs is 1. The number of halogens is 5. The van der Waals surface area contributed by atoms with E-state index in [-0.39, 0.29) is 29.1 Å². The summed E-state index contributed by atoms with van der Waals surface area (Å²) >= 11 is 0. The fourth-order valence-electron chi connectivity index (χ4n) is 3.17. The van der Waals surface area contributed by atoms with Gasteiger partial charge in [-0.1, -0.05) is 12.1 Å². The second-order valence-electron chi connectivity index (χ2n) is 7.00. The predicted octanol–water partition coefficient (Wildman–Crippen LogP) is 4.49. The van der Waals surface area contributed by atoms with Gasteiger partial charge in [-0.25, -0.2) is 18.3 Å². The van der Waals surface area contributed by atoms with Crippen LogP contribution >= 0.6 is 0 Å². The van der Waals surface area contributed by atoms with Gasteiger partial charge in [0, 0.05) is 11.9 Å². The molecule has 7 nitrogen and oxygen atoms in total. The van der Waals surface area contributed by atoms with Crippen molar-refractivity contribution in [2.75, 3.05) is 5.32 Å². The van der Waals surface area contributed by atoms with Crippen LogP contribution in [0.15, 0.2) is 48.9 Å². The van der Waals surface area contributed by atoms with Gasteiger partial charge in [-0.05, 0) is 30.7 Å². The van der Waals surface area contributed by atoms with E-state index in [1.807, 2.05) is 0 Å². The number of hydrogen-bond acceptors (Lipinski definition) is 4. The summed E-state index contributed by atoms with van der Waals surface area (Å²) in [5.41, 5.74) is -0.243. The molecule has 4 aromatic rings. The van der Waals surface area contributed by atoms with E-state index in [0.717, 1.165) is 22.8 Å². The Labute approximate surface area is 177 Å². The van der Waals surface area contributed by atoms with Crippen molar-refractivity contribution < 1.29 is 26.7 Å². The molecule has 12 heteroatoms. The number of aromatic nitrogens is 5. The first kappa shape index (κ1) is 21.4. The second-order valence-corrected chi connectivity index (χ2v) is 7.00. The largest absolute Gasteiger partial charge is 0.416 e. The van der Waals surface area contributed by atoms with Crippen LogP contribution in [0.5, 0.6) is 0 Å². The zero-order chi connectivity index (χ0) is 23.0. The molecule has 0 radical (unpaired) electrons. The van der Waals surface area contributed by atoms with Gasteiger partial charge in [-0.2, -0.15) is 23.4 Å². The summed E-state index contributed by atoms with van der Waals surface area (Å²) in [4.78, 5) is 16.8. The quantitative estimate of drug-likeness (QED) is 0.455. The number of alkyl halides is 5. The molecule has 4 rings (SSSR count). The molecule has 0 aliphatic heterocycles. The molecule has 3 aromatic heterocycles. The molecule has 3 heterocycles. The van der Waals surface area contributed by atoms with Crippen molar-refractivity contribution in [3.8, 4) is 0 Å². The maximum Gasteiger partial charge on any atom is 0.416 e. The fourth-order valence-corrected chi connectivity index (χ4v) is 3.17. The summed E-state index contributed by atoms with van der Waals surface area (Å²) in [6, 6.07) is 6.02. The Hall–Kier alpha value is -3.83. The monoisotopic (exact) mass is 450 g/mol. The minimum Gasteiger partial charge on any atom is -0.319 e. The lowest BCUT2D eigenvalue weighted by molar-refractivity contribution is -0.137. The van der Waals surface area contributed by atoms with Crippen LogP contribution in [-0.4, -0.2) is 30.3 Å². The zero-order valence-corrected chi connectivity index (χ0v) is 16.4. The molecule has 166 valence electrons. The Morgan fingerprint density at radius 3 is 2.66 bits per heavy atom. The lowest BCUT2D eigenvalue weighted by Gasteiger charge is -2.08. The van der Waals surface area contributed by atoms with Crippen LogP contribution in [0.3, 0.4) is 0 Å². The van der Waals surface area contributed by atoms with Crippen LogP contribution in [0.25, 0.3) is 5.65 Å². The number of carbonyl (C=O) groups is 1. The molecule has 0 atom stereocenters. The molecule has 0 aliphatic carbocycles. The fraction of sp³-hybridized carbons (Fsp3) is 0.200. The van der Waals surface area contributed by atoms with E-state index < -0.39 is 24.1 Å². The number of nitrogens with zero attached hydrogens (tertiary/aromatic N) is 5. The van der Waals surface area contributed by atoms with E-state index in [9.17, 15) is 26.7 Å². The lowest BCUT2D eigenvalue weighted by atomic mass is 10.1. The molecule has 0 spiro atoms. The molecule has 1 N–H and O–H groups in total. The normalized spacial score (nSPS) is 12.0. The molecule has 0 aliphatic rings. The highest BCUT2D eigenvalue weighted by Crippen LogP contribution is 2.29. The number of benzene rings is 1. The van der Waals surface area contributed by atoms with Crippen molar-refractivity contribution in [3.05, 3.63) is 77.0 Å². The highest BCUT2D eigenvalue weighted by Gasteiger charge is 2.30. The van der Waals surface area contributed by atoms with Crippen LogP contribution in [0.2, 0.25) is 0 Å². The number of aryl methyl sites for hydroxylation is 1. The van der Waals surface area contributed by atoms with E-state index >= 15 is 0 Å². The van der Waals surface area contributed by atoms with Crippen LogP contribution in [0, 0.1) is 6.92 Å². The summed E-state index contributed by atoms with van der Waals surface area (Å²) < 4.78 is 67.4. The summed E-state index contributed by atoms with van der Waals surface area (Å²) in [6.07, 6.45) is -3.36. The summed E-state index contributed by atoms with van der Waals surface area (Å²) in [5.74, 6) is -0.642. The van der Waals surface area contributed by atoms with E-state index in [4.69, 9.17) is 0 Å². The molecule has 0 bridgehead atoms. The lowest BCUT2D eigenvalue weighted by Crippen LogP contribution is -2.12. The van der Waals surface area contributed by atoms with Crippen LogP contribution in [0.1, 0.15) is 39.3 Å². The first-order chi connectivity index (χ1) is 15.1. The number of anilines is 1. The van der Waals surface area contributed by atoms with Crippen molar-refractivity contribution in [1.29, 1.82) is 0 Å². The topological polar surface area (TPSA) is 77.1 Å². The van der Waals surface area contributed by atoms with Gasteiger partial charge >= 0.3 is 6.18 Å². The molecule has 1 amide bonds. The van der Waals surface area contributed by atoms with Gasteiger partial charge in [0.2, 0.25) is 0 Å². The third-order valence-corrected chi connectivity index (χ3v) is 4.59.